The van der Waals surface area contributed by atoms with Crippen molar-refractivity contribution in [3.63, 3.8) is 0 Å². The van der Waals surface area contributed by atoms with Crippen LogP contribution in [-0.2, 0) is 4.79 Å². The molecule has 0 aromatic carbocycles. The van der Waals surface area contributed by atoms with Crippen LogP contribution in [0.25, 0.3) is 0 Å². The third-order valence-corrected chi connectivity index (χ3v) is 2.78. The van der Waals surface area contributed by atoms with Gasteiger partial charge in [-0.25, -0.2) is 14.8 Å². The zero-order valence-electron chi connectivity index (χ0n) is 9.77. The van der Waals surface area contributed by atoms with Gasteiger partial charge < -0.3 is 10.4 Å². The highest BCUT2D eigenvalue weighted by Gasteiger charge is 2.35. The molecule has 2 N–H and O–H groups in total. The van der Waals surface area contributed by atoms with Crippen molar-refractivity contribution in [1.29, 1.82) is 5.26 Å². The molecule has 6 heteroatoms. The molecule has 1 heterocycles. The van der Waals surface area contributed by atoms with Crippen LogP contribution in [0.4, 0.5) is 5.82 Å². The van der Waals surface area contributed by atoms with Gasteiger partial charge in [0.25, 0.3) is 0 Å². The number of aliphatic carboxylic acids is 1. The number of hydrogen-bond acceptors (Lipinski definition) is 5. The Morgan fingerprint density at radius 2 is 2.06 bits per heavy atom. The molecule has 17 heavy (non-hydrogen) atoms. The average Bonchev–Trinajstić information content (AvgIpc) is 2.36. The third kappa shape index (κ3) is 2.50. The first kappa shape index (κ1) is 12.9. The van der Waals surface area contributed by atoms with Gasteiger partial charge in [-0.05, 0) is 12.8 Å². The summed E-state index contributed by atoms with van der Waals surface area (Å²) in [6, 6.07) is 1.88. The molecule has 90 valence electrons. The summed E-state index contributed by atoms with van der Waals surface area (Å²) in [6.45, 7) is 3.54. The van der Waals surface area contributed by atoms with Crippen molar-refractivity contribution in [1.82, 2.24) is 9.97 Å². The minimum atomic E-state index is -1.11. The quantitative estimate of drug-likeness (QED) is 0.799. The van der Waals surface area contributed by atoms with E-state index in [9.17, 15) is 9.90 Å². The molecule has 1 aromatic rings. The minimum absolute atomic E-state index is 0.0972. The number of carbonyl (C=O) groups is 1. The van der Waals surface area contributed by atoms with Gasteiger partial charge in [0.15, 0.2) is 11.5 Å². The van der Waals surface area contributed by atoms with Gasteiger partial charge in [0.2, 0.25) is 0 Å². The molecule has 0 fully saturated rings. The summed E-state index contributed by atoms with van der Waals surface area (Å²) in [6.07, 6.45) is 3.59. The van der Waals surface area contributed by atoms with Gasteiger partial charge in [-0.2, -0.15) is 5.26 Å². The summed E-state index contributed by atoms with van der Waals surface area (Å²) in [5.74, 6) is -0.752. The molecule has 0 aliphatic rings. The van der Waals surface area contributed by atoms with Crippen LogP contribution in [0, 0.1) is 11.3 Å². The lowest BCUT2D eigenvalue weighted by Crippen LogP contribution is -2.45. The van der Waals surface area contributed by atoms with E-state index in [-0.39, 0.29) is 11.5 Å². The van der Waals surface area contributed by atoms with E-state index in [0.29, 0.717) is 12.8 Å². The maximum atomic E-state index is 11.3. The van der Waals surface area contributed by atoms with Gasteiger partial charge in [-0.3, -0.25) is 0 Å². The Morgan fingerprint density at radius 3 is 2.53 bits per heavy atom. The van der Waals surface area contributed by atoms with E-state index in [1.165, 1.54) is 12.4 Å². The van der Waals surface area contributed by atoms with Crippen molar-refractivity contribution in [3.8, 4) is 6.07 Å². The zero-order chi connectivity index (χ0) is 12.9. The summed E-state index contributed by atoms with van der Waals surface area (Å²) in [5, 5.41) is 20.9. The standard InChI is InChI=1S/C11H14N4O2/c1-3-11(4-2,10(16)17)15-9-8(7-12)13-5-6-14-9/h5-6H,3-4H2,1-2H3,(H,14,15)(H,16,17). The second kappa shape index (κ2) is 5.25. The molecule has 1 aromatic heterocycles. The topological polar surface area (TPSA) is 98.9 Å². The van der Waals surface area contributed by atoms with E-state index >= 15 is 0 Å². The lowest BCUT2D eigenvalue weighted by Gasteiger charge is -2.28. The number of carboxylic acids is 1. The highest BCUT2D eigenvalue weighted by molar-refractivity contribution is 5.82. The number of nitrogens with one attached hydrogen (secondary N) is 1. The van der Waals surface area contributed by atoms with Gasteiger partial charge in [0, 0.05) is 12.4 Å². The van der Waals surface area contributed by atoms with Crippen LogP contribution in [0.15, 0.2) is 12.4 Å². The molecule has 0 aliphatic heterocycles. The zero-order valence-corrected chi connectivity index (χ0v) is 9.77. The second-order valence-electron chi connectivity index (χ2n) is 3.58. The molecule has 0 saturated heterocycles. The Hall–Kier alpha value is -2.16. The molecule has 1 rings (SSSR count). The van der Waals surface area contributed by atoms with Crippen LogP contribution in [0.5, 0.6) is 0 Å². The number of rotatable bonds is 5. The molecule has 0 amide bonds. The predicted octanol–water partition coefficient (Wildman–Crippen LogP) is 1.40. The monoisotopic (exact) mass is 234 g/mol. The first-order valence-electron chi connectivity index (χ1n) is 5.32. The minimum Gasteiger partial charge on any atom is -0.480 e. The lowest BCUT2D eigenvalue weighted by molar-refractivity contribution is -0.142. The lowest BCUT2D eigenvalue weighted by atomic mass is 9.93. The van der Waals surface area contributed by atoms with Crippen molar-refractivity contribution >= 4 is 11.8 Å². The summed E-state index contributed by atoms with van der Waals surface area (Å²) >= 11 is 0. The van der Waals surface area contributed by atoms with Crippen LogP contribution in [0.1, 0.15) is 32.4 Å². The predicted molar refractivity (Wildman–Crippen MR) is 61.3 cm³/mol. The van der Waals surface area contributed by atoms with Crippen molar-refractivity contribution in [2.75, 3.05) is 5.32 Å². The van der Waals surface area contributed by atoms with Gasteiger partial charge in [0.1, 0.15) is 11.6 Å². The van der Waals surface area contributed by atoms with Crippen molar-refractivity contribution in [2.24, 2.45) is 0 Å². The molecule has 0 unspecified atom stereocenters. The second-order valence-corrected chi connectivity index (χ2v) is 3.58. The van der Waals surface area contributed by atoms with E-state index in [4.69, 9.17) is 5.26 Å². The van der Waals surface area contributed by atoms with Crippen LogP contribution in [-0.4, -0.2) is 26.6 Å². The summed E-state index contributed by atoms with van der Waals surface area (Å²) in [7, 11) is 0. The molecule has 0 radical (unpaired) electrons. The fraction of sp³-hybridized carbons (Fsp3) is 0.455. The Morgan fingerprint density at radius 1 is 1.47 bits per heavy atom. The Labute approximate surface area is 99.3 Å². The number of hydrogen-bond donors (Lipinski definition) is 2. The number of nitriles is 1. The number of anilines is 1. The molecule has 0 aliphatic carbocycles. The molecule has 0 spiro atoms. The number of carboxylic acid groups (broad SMARTS) is 1. The number of nitrogens with zero attached hydrogens (tertiary/aromatic N) is 3. The van der Waals surface area contributed by atoms with Gasteiger partial charge in [-0.15, -0.1) is 0 Å². The summed E-state index contributed by atoms with van der Waals surface area (Å²) in [5.41, 5.74) is -1.01. The first-order chi connectivity index (χ1) is 8.09. The first-order valence-corrected chi connectivity index (χ1v) is 5.32. The van der Waals surface area contributed by atoms with Crippen LogP contribution >= 0.6 is 0 Å². The SMILES string of the molecule is CCC(CC)(Nc1nccnc1C#N)C(=O)O. The largest absolute Gasteiger partial charge is 0.480 e. The van der Waals surface area contributed by atoms with Crippen LogP contribution in [0.3, 0.4) is 0 Å². The van der Waals surface area contributed by atoms with Crippen molar-refractivity contribution in [3.05, 3.63) is 18.1 Å². The molecular weight excluding hydrogens is 220 g/mol. The van der Waals surface area contributed by atoms with E-state index in [2.05, 4.69) is 15.3 Å². The Kier molecular flexibility index (Phi) is 3.99. The fourth-order valence-electron chi connectivity index (χ4n) is 1.52. The van der Waals surface area contributed by atoms with E-state index in [1.807, 2.05) is 6.07 Å². The molecule has 0 atom stereocenters. The molecule has 0 bridgehead atoms. The Balaban J connectivity index is 3.11. The smallest absolute Gasteiger partial charge is 0.329 e. The van der Waals surface area contributed by atoms with Gasteiger partial charge in [0.05, 0.1) is 0 Å². The molecule has 6 nitrogen and oxygen atoms in total. The Bertz CT molecular complexity index is 449. The third-order valence-electron chi connectivity index (χ3n) is 2.78. The highest BCUT2D eigenvalue weighted by Crippen LogP contribution is 2.22. The van der Waals surface area contributed by atoms with Gasteiger partial charge in [-0.1, -0.05) is 13.8 Å². The van der Waals surface area contributed by atoms with Crippen molar-refractivity contribution in [2.45, 2.75) is 32.2 Å². The normalized spacial score (nSPS) is 10.6. The van der Waals surface area contributed by atoms with E-state index in [1.54, 1.807) is 13.8 Å². The molecule has 0 saturated carbocycles. The fourth-order valence-corrected chi connectivity index (χ4v) is 1.52. The van der Waals surface area contributed by atoms with E-state index < -0.39 is 11.5 Å². The van der Waals surface area contributed by atoms with Crippen LogP contribution in [0.2, 0.25) is 0 Å². The maximum absolute atomic E-state index is 11.3. The van der Waals surface area contributed by atoms with Crippen molar-refractivity contribution < 1.29 is 9.90 Å². The van der Waals surface area contributed by atoms with E-state index in [0.717, 1.165) is 0 Å². The summed E-state index contributed by atoms with van der Waals surface area (Å²) < 4.78 is 0. The highest BCUT2D eigenvalue weighted by atomic mass is 16.4. The molecular formula is C11H14N4O2. The van der Waals surface area contributed by atoms with Gasteiger partial charge >= 0.3 is 5.97 Å². The average molecular weight is 234 g/mol. The summed E-state index contributed by atoms with van der Waals surface area (Å²) in [4.78, 5) is 19.1. The number of aromatic nitrogens is 2. The maximum Gasteiger partial charge on any atom is 0.329 e. The van der Waals surface area contributed by atoms with Crippen LogP contribution < -0.4 is 5.32 Å².